The number of carbonyl (C=O) groups excluding carboxylic acids is 2. The van der Waals surface area contributed by atoms with Crippen molar-refractivity contribution in [3.63, 3.8) is 0 Å². The van der Waals surface area contributed by atoms with Gasteiger partial charge in [0, 0.05) is 23.2 Å². The number of hydrogen-bond donors (Lipinski definition) is 2. The largest absolute Gasteiger partial charge is 0.326 e. The van der Waals surface area contributed by atoms with E-state index in [2.05, 4.69) is 17.6 Å². The number of aryl methyl sites for hydroxylation is 1. The number of rotatable bonds is 6. The fourth-order valence-corrected chi connectivity index (χ4v) is 2.82. The maximum Gasteiger partial charge on any atom is 0.234 e. The Bertz CT molecular complexity index is 684. The molecule has 0 aliphatic carbocycles. The number of nitrogens with one attached hydrogen (secondary N) is 2. The Morgan fingerprint density at radius 2 is 1.70 bits per heavy atom. The summed E-state index contributed by atoms with van der Waals surface area (Å²) in [5, 5.41) is 5.67. The molecule has 0 unspecified atom stereocenters. The van der Waals surface area contributed by atoms with Gasteiger partial charge in [-0.05, 0) is 42.3 Å². The van der Waals surface area contributed by atoms with Gasteiger partial charge in [-0.3, -0.25) is 9.59 Å². The maximum atomic E-state index is 12.1. The molecule has 120 valence electrons. The van der Waals surface area contributed by atoms with Gasteiger partial charge in [-0.15, -0.1) is 11.8 Å². The number of anilines is 2. The van der Waals surface area contributed by atoms with E-state index in [4.69, 9.17) is 0 Å². The van der Waals surface area contributed by atoms with Crippen LogP contribution >= 0.6 is 11.8 Å². The second-order valence-electron chi connectivity index (χ2n) is 5.05. The SMILES string of the molecule is CCc1ccccc1NC(=O)CSc1ccc(NC(C)=O)cc1. The maximum absolute atomic E-state index is 12.1. The molecule has 4 nitrogen and oxygen atoms in total. The van der Waals surface area contributed by atoms with Gasteiger partial charge in [-0.25, -0.2) is 0 Å². The fraction of sp³-hybridized carbons (Fsp3) is 0.222. The van der Waals surface area contributed by atoms with E-state index >= 15 is 0 Å². The van der Waals surface area contributed by atoms with Crippen LogP contribution in [0.25, 0.3) is 0 Å². The molecule has 23 heavy (non-hydrogen) atoms. The topological polar surface area (TPSA) is 58.2 Å². The number of benzene rings is 2. The quantitative estimate of drug-likeness (QED) is 0.790. The van der Waals surface area contributed by atoms with Gasteiger partial charge in [0.1, 0.15) is 0 Å². The highest BCUT2D eigenvalue weighted by Crippen LogP contribution is 2.21. The predicted molar refractivity (Wildman–Crippen MR) is 95.9 cm³/mol. The van der Waals surface area contributed by atoms with E-state index in [0.717, 1.165) is 28.3 Å². The van der Waals surface area contributed by atoms with Crippen molar-refractivity contribution in [3.05, 3.63) is 54.1 Å². The van der Waals surface area contributed by atoms with Crippen molar-refractivity contribution in [2.45, 2.75) is 25.2 Å². The van der Waals surface area contributed by atoms with Crippen molar-refractivity contribution in [2.24, 2.45) is 0 Å². The van der Waals surface area contributed by atoms with Gasteiger partial charge in [-0.2, -0.15) is 0 Å². The molecule has 0 spiro atoms. The zero-order chi connectivity index (χ0) is 16.7. The van der Waals surface area contributed by atoms with Crippen molar-refractivity contribution < 1.29 is 9.59 Å². The van der Waals surface area contributed by atoms with E-state index in [-0.39, 0.29) is 11.8 Å². The van der Waals surface area contributed by atoms with E-state index in [9.17, 15) is 9.59 Å². The van der Waals surface area contributed by atoms with Gasteiger partial charge < -0.3 is 10.6 Å². The lowest BCUT2D eigenvalue weighted by atomic mass is 10.1. The summed E-state index contributed by atoms with van der Waals surface area (Å²) < 4.78 is 0. The number of hydrogen-bond acceptors (Lipinski definition) is 3. The zero-order valence-corrected chi connectivity index (χ0v) is 14.1. The van der Waals surface area contributed by atoms with Crippen LogP contribution in [0, 0.1) is 0 Å². The van der Waals surface area contributed by atoms with Crippen LogP contribution in [0.1, 0.15) is 19.4 Å². The first-order valence-corrected chi connectivity index (χ1v) is 8.45. The summed E-state index contributed by atoms with van der Waals surface area (Å²) in [4.78, 5) is 24.0. The molecule has 0 saturated carbocycles. The average Bonchev–Trinajstić information content (AvgIpc) is 2.54. The van der Waals surface area contributed by atoms with Crippen LogP contribution in [-0.4, -0.2) is 17.6 Å². The van der Waals surface area contributed by atoms with Gasteiger partial charge in [-0.1, -0.05) is 25.1 Å². The number of para-hydroxylation sites is 1. The molecule has 0 fully saturated rings. The summed E-state index contributed by atoms with van der Waals surface area (Å²) in [5.41, 5.74) is 2.76. The molecule has 0 atom stereocenters. The minimum Gasteiger partial charge on any atom is -0.326 e. The Morgan fingerprint density at radius 1 is 1.00 bits per heavy atom. The molecule has 0 bridgehead atoms. The highest BCUT2D eigenvalue weighted by molar-refractivity contribution is 8.00. The second kappa shape index (κ2) is 8.39. The van der Waals surface area contributed by atoms with Crippen molar-refractivity contribution in [2.75, 3.05) is 16.4 Å². The lowest BCUT2D eigenvalue weighted by molar-refractivity contribution is -0.114. The third-order valence-corrected chi connectivity index (χ3v) is 4.23. The highest BCUT2D eigenvalue weighted by Gasteiger charge is 2.06. The van der Waals surface area contributed by atoms with Crippen LogP contribution in [0.3, 0.4) is 0 Å². The molecule has 0 aromatic heterocycles. The fourth-order valence-electron chi connectivity index (χ4n) is 2.12. The Kier molecular flexibility index (Phi) is 6.23. The lowest BCUT2D eigenvalue weighted by Gasteiger charge is -2.09. The summed E-state index contributed by atoms with van der Waals surface area (Å²) in [6.45, 7) is 3.54. The summed E-state index contributed by atoms with van der Waals surface area (Å²) in [6.07, 6.45) is 0.883. The molecule has 5 heteroatoms. The molecular formula is C18H20N2O2S. The van der Waals surface area contributed by atoms with Gasteiger partial charge in [0.25, 0.3) is 0 Å². The third kappa shape index (κ3) is 5.45. The molecule has 0 aliphatic heterocycles. The van der Waals surface area contributed by atoms with Crippen LogP contribution in [0.4, 0.5) is 11.4 Å². The van der Waals surface area contributed by atoms with Crippen LogP contribution in [0.5, 0.6) is 0 Å². The first kappa shape index (κ1) is 17.1. The van der Waals surface area contributed by atoms with Crippen molar-refractivity contribution in [1.82, 2.24) is 0 Å². The zero-order valence-electron chi connectivity index (χ0n) is 13.3. The summed E-state index contributed by atoms with van der Waals surface area (Å²) in [7, 11) is 0. The summed E-state index contributed by atoms with van der Waals surface area (Å²) in [5.74, 6) is 0.221. The second-order valence-corrected chi connectivity index (χ2v) is 6.10. The molecule has 0 radical (unpaired) electrons. The standard InChI is InChI=1S/C18H20N2O2S/c1-3-14-6-4-5-7-17(14)20-18(22)12-23-16-10-8-15(9-11-16)19-13(2)21/h4-11H,3,12H2,1-2H3,(H,19,21)(H,20,22). The Hall–Kier alpha value is -2.27. The van der Waals surface area contributed by atoms with E-state index in [1.807, 2.05) is 48.5 Å². The van der Waals surface area contributed by atoms with Gasteiger partial charge >= 0.3 is 0 Å². The smallest absolute Gasteiger partial charge is 0.234 e. The monoisotopic (exact) mass is 328 g/mol. The third-order valence-electron chi connectivity index (χ3n) is 3.22. The van der Waals surface area contributed by atoms with Crippen molar-refractivity contribution in [1.29, 1.82) is 0 Å². The van der Waals surface area contributed by atoms with E-state index in [0.29, 0.717) is 5.75 Å². The molecule has 2 rings (SSSR count). The van der Waals surface area contributed by atoms with Crippen LogP contribution < -0.4 is 10.6 Å². The molecule has 2 N–H and O–H groups in total. The Balaban J connectivity index is 1.88. The highest BCUT2D eigenvalue weighted by atomic mass is 32.2. The predicted octanol–water partition coefficient (Wildman–Crippen LogP) is 3.94. The van der Waals surface area contributed by atoms with Crippen molar-refractivity contribution >= 4 is 35.0 Å². The van der Waals surface area contributed by atoms with Crippen LogP contribution in [-0.2, 0) is 16.0 Å². The molecular weight excluding hydrogens is 308 g/mol. The Morgan fingerprint density at radius 3 is 2.35 bits per heavy atom. The van der Waals surface area contributed by atoms with Gasteiger partial charge in [0.05, 0.1) is 5.75 Å². The molecule has 2 aromatic carbocycles. The number of carbonyl (C=O) groups is 2. The first-order chi connectivity index (χ1) is 11.1. The van der Waals surface area contributed by atoms with Gasteiger partial charge in [0.2, 0.25) is 11.8 Å². The Labute approximate surface area is 140 Å². The normalized spacial score (nSPS) is 10.2. The minimum absolute atomic E-state index is 0.0261. The summed E-state index contributed by atoms with van der Waals surface area (Å²) >= 11 is 1.46. The average molecular weight is 328 g/mol. The van der Waals surface area contributed by atoms with Crippen molar-refractivity contribution in [3.8, 4) is 0 Å². The van der Waals surface area contributed by atoms with E-state index in [1.54, 1.807) is 0 Å². The number of thioether (sulfide) groups is 1. The van der Waals surface area contributed by atoms with E-state index < -0.39 is 0 Å². The molecule has 2 amide bonds. The van der Waals surface area contributed by atoms with Crippen LogP contribution in [0.2, 0.25) is 0 Å². The lowest BCUT2D eigenvalue weighted by Crippen LogP contribution is -2.15. The molecule has 2 aromatic rings. The van der Waals surface area contributed by atoms with E-state index in [1.165, 1.54) is 18.7 Å². The molecule has 0 saturated heterocycles. The first-order valence-electron chi connectivity index (χ1n) is 7.46. The number of amides is 2. The molecule has 0 aliphatic rings. The van der Waals surface area contributed by atoms with Crippen LogP contribution in [0.15, 0.2) is 53.4 Å². The minimum atomic E-state index is -0.0978. The summed E-state index contributed by atoms with van der Waals surface area (Å²) in [6, 6.07) is 15.3. The van der Waals surface area contributed by atoms with Gasteiger partial charge in [0.15, 0.2) is 0 Å². The molecule has 0 heterocycles.